The van der Waals surface area contributed by atoms with Crippen LogP contribution in [0.3, 0.4) is 0 Å². The molecule has 0 spiro atoms. The molecule has 0 bridgehead atoms. The second-order valence-corrected chi connectivity index (χ2v) is 6.05. The van der Waals surface area contributed by atoms with Crippen molar-refractivity contribution in [2.75, 3.05) is 26.7 Å². The Morgan fingerprint density at radius 1 is 1.26 bits per heavy atom. The zero-order chi connectivity index (χ0) is 13.1. The van der Waals surface area contributed by atoms with Gasteiger partial charge in [-0.3, -0.25) is 9.80 Å². The summed E-state index contributed by atoms with van der Waals surface area (Å²) >= 11 is 1.75. The summed E-state index contributed by atoms with van der Waals surface area (Å²) in [5, 5.41) is 3.27. The van der Waals surface area contributed by atoms with Crippen molar-refractivity contribution in [3.8, 4) is 0 Å². The first-order chi connectivity index (χ1) is 9.33. The van der Waals surface area contributed by atoms with Crippen LogP contribution in [0.25, 0.3) is 0 Å². The Balaban J connectivity index is 1.70. The minimum absolute atomic E-state index is 0.495. The molecule has 1 unspecified atom stereocenters. The lowest BCUT2D eigenvalue weighted by Gasteiger charge is -2.39. The lowest BCUT2D eigenvalue weighted by atomic mass is 10.0. The van der Waals surface area contributed by atoms with Crippen molar-refractivity contribution >= 4 is 11.3 Å². The summed E-state index contributed by atoms with van der Waals surface area (Å²) in [6.45, 7) is 4.30. The molecule has 19 heavy (non-hydrogen) atoms. The molecule has 1 aliphatic heterocycles. The zero-order valence-corrected chi connectivity index (χ0v) is 12.0. The maximum Gasteiger partial charge on any atom is 0.107 e. The van der Waals surface area contributed by atoms with Crippen LogP contribution in [0.1, 0.15) is 16.6 Å². The van der Waals surface area contributed by atoms with E-state index in [0.717, 1.165) is 26.2 Å². The summed E-state index contributed by atoms with van der Waals surface area (Å²) in [4.78, 5) is 9.35. The number of likely N-dealkylation sites (N-methyl/N-ethyl adjacent to an activating group) is 1. The van der Waals surface area contributed by atoms with Gasteiger partial charge in [0.1, 0.15) is 5.01 Å². The van der Waals surface area contributed by atoms with E-state index in [9.17, 15) is 0 Å². The number of nitrogens with zero attached hydrogens (tertiary/aromatic N) is 3. The van der Waals surface area contributed by atoms with Gasteiger partial charge in [0, 0.05) is 37.3 Å². The maximum absolute atomic E-state index is 4.39. The van der Waals surface area contributed by atoms with Gasteiger partial charge in [0.2, 0.25) is 0 Å². The molecule has 0 radical (unpaired) electrons. The van der Waals surface area contributed by atoms with Crippen molar-refractivity contribution in [3.63, 3.8) is 0 Å². The Labute approximate surface area is 118 Å². The first-order valence-corrected chi connectivity index (χ1v) is 7.57. The first-order valence-electron chi connectivity index (χ1n) is 6.69. The molecule has 1 fully saturated rings. The molecule has 1 aliphatic rings. The quantitative estimate of drug-likeness (QED) is 0.857. The predicted octanol–water partition coefficient (Wildman–Crippen LogP) is 2.63. The van der Waals surface area contributed by atoms with Crippen molar-refractivity contribution in [2.24, 2.45) is 0 Å². The van der Waals surface area contributed by atoms with Crippen LogP contribution in [0.2, 0.25) is 0 Å². The van der Waals surface area contributed by atoms with Crippen molar-refractivity contribution in [1.82, 2.24) is 14.8 Å². The highest BCUT2D eigenvalue weighted by Crippen LogP contribution is 2.24. The molecule has 0 N–H and O–H groups in total. The van der Waals surface area contributed by atoms with E-state index in [4.69, 9.17) is 0 Å². The molecule has 1 saturated heterocycles. The van der Waals surface area contributed by atoms with Gasteiger partial charge in [-0.1, -0.05) is 30.3 Å². The number of aromatic nitrogens is 1. The van der Waals surface area contributed by atoms with E-state index in [-0.39, 0.29) is 0 Å². The predicted molar refractivity (Wildman–Crippen MR) is 79.2 cm³/mol. The Morgan fingerprint density at radius 3 is 2.84 bits per heavy atom. The monoisotopic (exact) mass is 273 g/mol. The van der Waals surface area contributed by atoms with Crippen molar-refractivity contribution < 1.29 is 0 Å². The number of hydrogen-bond acceptors (Lipinski definition) is 4. The summed E-state index contributed by atoms with van der Waals surface area (Å²) in [7, 11) is 2.22. The standard InChI is InChI=1S/C15H19N3S/c1-17-8-9-18(12-15-16-7-10-19-15)11-14(17)13-5-3-2-4-6-13/h2-7,10,14H,8-9,11-12H2,1H3. The highest BCUT2D eigenvalue weighted by Gasteiger charge is 2.25. The van der Waals surface area contributed by atoms with E-state index in [1.807, 2.05) is 6.20 Å². The molecular formula is C15H19N3S. The Morgan fingerprint density at radius 2 is 2.11 bits per heavy atom. The molecule has 2 heterocycles. The molecule has 3 rings (SSSR count). The zero-order valence-electron chi connectivity index (χ0n) is 11.2. The van der Waals surface area contributed by atoms with Gasteiger partial charge in [-0.05, 0) is 12.6 Å². The minimum atomic E-state index is 0.495. The highest BCUT2D eigenvalue weighted by molar-refractivity contribution is 7.09. The number of rotatable bonds is 3. The molecular weight excluding hydrogens is 254 g/mol. The van der Waals surface area contributed by atoms with Crippen LogP contribution in [0.15, 0.2) is 41.9 Å². The maximum atomic E-state index is 4.39. The molecule has 0 amide bonds. The van der Waals surface area contributed by atoms with Crippen LogP contribution in [-0.2, 0) is 6.54 Å². The largest absolute Gasteiger partial charge is 0.297 e. The fourth-order valence-electron chi connectivity index (χ4n) is 2.63. The summed E-state index contributed by atoms with van der Waals surface area (Å²) in [5.74, 6) is 0. The fraction of sp³-hybridized carbons (Fsp3) is 0.400. The Hall–Kier alpha value is -1.23. The number of benzene rings is 1. The van der Waals surface area contributed by atoms with Crippen LogP contribution in [0.4, 0.5) is 0 Å². The molecule has 1 atom stereocenters. The van der Waals surface area contributed by atoms with E-state index in [1.165, 1.54) is 10.6 Å². The topological polar surface area (TPSA) is 19.4 Å². The summed E-state index contributed by atoms with van der Waals surface area (Å²) in [6, 6.07) is 11.3. The van der Waals surface area contributed by atoms with Gasteiger partial charge in [0.05, 0.1) is 6.54 Å². The van der Waals surface area contributed by atoms with Crippen LogP contribution in [-0.4, -0.2) is 41.5 Å². The number of piperazine rings is 1. The SMILES string of the molecule is CN1CCN(Cc2nccs2)CC1c1ccccc1. The molecule has 0 aliphatic carbocycles. The third-order valence-corrected chi connectivity index (χ3v) is 4.52. The van der Waals surface area contributed by atoms with Gasteiger partial charge in [-0.25, -0.2) is 4.98 Å². The molecule has 3 nitrogen and oxygen atoms in total. The van der Waals surface area contributed by atoms with Gasteiger partial charge < -0.3 is 0 Å². The lowest BCUT2D eigenvalue weighted by Crippen LogP contribution is -2.46. The average molecular weight is 273 g/mol. The van der Waals surface area contributed by atoms with Crippen molar-refractivity contribution in [1.29, 1.82) is 0 Å². The van der Waals surface area contributed by atoms with E-state index < -0.39 is 0 Å². The third-order valence-electron chi connectivity index (χ3n) is 3.76. The molecule has 100 valence electrons. The normalized spacial score (nSPS) is 21.6. The van der Waals surface area contributed by atoms with E-state index >= 15 is 0 Å². The second-order valence-electron chi connectivity index (χ2n) is 5.07. The average Bonchev–Trinajstić information content (AvgIpc) is 2.95. The number of thiazole rings is 1. The lowest BCUT2D eigenvalue weighted by molar-refractivity contribution is 0.0904. The smallest absolute Gasteiger partial charge is 0.107 e. The number of hydrogen-bond donors (Lipinski definition) is 0. The van der Waals surface area contributed by atoms with Crippen molar-refractivity contribution in [2.45, 2.75) is 12.6 Å². The van der Waals surface area contributed by atoms with Crippen LogP contribution < -0.4 is 0 Å². The minimum Gasteiger partial charge on any atom is -0.297 e. The molecule has 4 heteroatoms. The van der Waals surface area contributed by atoms with Crippen LogP contribution in [0, 0.1) is 0 Å². The summed E-state index contributed by atoms with van der Waals surface area (Å²) < 4.78 is 0. The van der Waals surface area contributed by atoms with Gasteiger partial charge >= 0.3 is 0 Å². The fourth-order valence-corrected chi connectivity index (χ4v) is 3.29. The van der Waals surface area contributed by atoms with Crippen LogP contribution >= 0.6 is 11.3 Å². The van der Waals surface area contributed by atoms with Crippen LogP contribution in [0.5, 0.6) is 0 Å². The van der Waals surface area contributed by atoms with Crippen molar-refractivity contribution in [3.05, 3.63) is 52.5 Å². The van der Waals surface area contributed by atoms with Gasteiger partial charge in [0.15, 0.2) is 0 Å². The van der Waals surface area contributed by atoms with E-state index in [2.05, 4.69) is 57.5 Å². The Kier molecular flexibility index (Phi) is 3.92. The van der Waals surface area contributed by atoms with E-state index in [0.29, 0.717) is 6.04 Å². The molecule has 1 aromatic carbocycles. The van der Waals surface area contributed by atoms with Gasteiger partial charge in [0.25, 0.3) is 0 Å². The first kappa shape index (κ1) is 12.8. The summed E-state index contributed by atoms with van der Waals surface area (Å²) in [6.07, 6.45) is 1.89. The van der Waals surface area contributed by atoms with Gasteiger partial charge in [-0.2, -0.15) is 0 Å². The molecule has 2 aromatic rings. The second kappa shape index (κ2) is 5.82. The Bertz CT molecular complexity index is 497. The summed E-state index contributed by atoms with van der Waals surface area (Å²) in [5.41, 5.74) is 1.41. The molecule has 0 saturated carbocycles. The third kappa shape index (κ3) is 3.03. The van der Waals surface area contributed by atoms with E-state index in [1.54, 1.807) is 11.3 Å². The van der Waals surface area contributed by atoms with Gasteiger partial charge in [-0.15, -0.1) is 11.3 Å². The molecule has 1 aromatic heterocycles. The highest BCUT2D eigenvalue weighted by atomic mass is 32.1.